The third-order valence-corrected chi connectivity index (χ3v) is 6.12. The predicted molar refractivity (Wildman–Crippen MR) is 123 cm³/mol. The van der Waals surface area contributed by atoms with E-state index in [9.17, 15) is 9.59 Å². The van der Waals surface area contributed by atoms with Crippen LogP contribution in [0.1, 0.15) is 5.56 Å². The molecular weight excluding hydrogens is 439 g/mol. The highest BCUT2D eigenvalue weighted by atomic mass is 35.5. The predicted octanol–water partition coefficient (Wildman–Crippen LogP) is 6.29. The molecule has 0 radical (unpaired) electrons. The summed E-state index contributed by atoms with van der Waals surface area (Å²) in [4.78, 5) is 28.9. The minimum absolute atomic E-state index is 0.231. The molecule has 1 aliphatic heterocycles. The molecule has 0 spiro atoms. The van der Waals surface area contributed by atoms with Crippen molar-refractivity contribution in [3.05, 3.63) is 99.0 Å². The molecule has 0 unspecified atom stereocenters. The van der Waals surface area contributed by atoms with Crippen molar-refractivity contribution in [3.63, 3.8) is 0 Å². The van der Waals surface area contributed by atoms with Gasteiger partial charge in [0.15, 0.2) is 0 Å². The van der Waals surface area contributed by atoms with Crippen LogP contribution in [0.25, 0.3) is 0 Å². The Morgan fingerprint density at radius 1 is 0.833 bits per heavy atom. The molecule has 4 nitrogen and oxygen atoms in total. The summed E-state index contributed by atoms with van der Waals surface area (Å²) in [7, 11) is 0. The van der Waals surface area contributed by atoms with E-state index < -0.39 is 5.91 Å². The Hall–Kier alpha value is -2.73. The number of carbonyl (C=O) groups is 2. The number of hydrogen-bond donors (Lipinski definition) is 1. The lowest BCUT2D eigenvalue weighted by molar-refractivity contribution is -0.120. The number of rotatable bonds is 5. The van der Waals surface area contributed by atoms with Gasteiger partial charge in [0.05, 0.1) is 5.69 Å². The number of thioether (sulfide) groups is 1. The van der Waals surface area contributed by atoms with Gasteiger partial charge in [-0.3, -0.25) is 9.59 Å². The highest BCUT2D eigenvalue weighted by Gasteiger charge is 2.40. The summed E-state index contributed by atoms with van der Waals surface area (Å²) in [5, 5.41) is 4.29. The minimum atomic E-state index is -0.421. The quantitative estimate of drug-likeness (QED) is 0.460. The number of hydrogen-bond acceptors (Lipinski definition) is 4. The van der Waals surface area contributed by atoms with Gasteiger partial charge in [0.1, 0.15) is 10.6 Å². The number of carbonyl (C=O) groups excluding carboxylic acids is 2. The Morgan fingerprint density at radius 2 is 1.50 bits per heavy atom. The molecule has 0 atom stereocenters. The van der Waals surface area contributed by atoms with Crippen LogP contribution in [0.5, 0.6) is 0 Å². The first-order valence-corrected chi connectivity index (χ1v) is 10.7. The molecule has 7 heteroatoms. The molecule has 30 heavy (non-hydrogen) atoms. The van der Waals surface area contributed by atoms with Gasteiger partial charge in [-0.2, -0.15) is 0 Å². The van der Waals surface area contributed by atoms with Gasteiger partial charge in [-0.1, -0.05) is 53.2 Å². The van der Waals surface area contributed by atoms with Gasteiger partial charge in [0.2, 0.25) is 0 Å². The van der Waals surface area contributed by atoms with Gasteiger partial charge in [-0.15, -0.1) is 0 Å². The fourth-order valence-electron chi connectivity index (χ4n) is 3.05. The van der Waals surface area contributed by atoms with Crippen LogP contribution in [0.15, 0.2) is 88.3 Å². The molecule has 0 bridgehead atoms. The molecule has 1 aliphatic rings. The maximum atomic E-state index is 13.3. The molecule has 2 amide bonds. The summed E-state index contributed by atoms with van der Waals surface area (Å²) in [6.07, 6.45) is 0. The molecule has 0 saturated heterocycles. The Bertz CT molecular complexity index is 1160. The summed E-state index contributed by atoms with van der Waals surface area (Å²) < 4.78 is 0. The molecule has 0 aliphatic carbocycles. The van der Waals surface area contributed by atoms with E-state index in [1.54, 1.807) is 42.5 Å². The highest BCUT2D eigenvalue weighted by Crippen LogP contribution is 2.38. The van der Waals surface area contributed by atoms with Crippen molar-refractivity contribution >= 4 is 58.2 Å². The van der Waals surface area contributed by atoms with E-state index >= 15 is 0 Å². The largest absolute Gasteiger partial charge is 0.350 e. The van der Waals surface area contributed by atoms with Gasteiger partial charge in [-0.25, -0.2) is 4.90 Å². The van der Waals surface area contributed by atoms with E-state index in [1.807, 2.05) is 37.3 Å². The number of amides is 2. The standard InChI is InChI=1S/C23H16Cl2N2O2S/c1-14-13-16(25)9-12-19(14)26-20-21(30-18-5-3-2-4-6-18)23(29)27(22(20)28)17-10-7-15(24)8-11-17/h2-13,26H,1H3. The Morgan fingerprint density at radius 3 is 2.17 bits per heavy atom. The third kappa shape index (κ3) is 4.10. The first kappa shape index (κ1) is 20.5. The number of nitrogens with one attached hydrogen (secondary N) is 1. The first-order valence-electron chi connectivity index (χ1n) is 9.09. The van der Waals surface area contributed by atoms with Crippen molar-refractivity contribution in [1.29, 1.82) is 0 Å². The van der Waals surface area contributed by atoms with Crippen molar-refractivity contribution in [1.82, 2.24) is 0 Å². The van der Waals surface area contributed by atoms with Crippen LogP contribution in [0.2, 0.25) is 10.0 Å². The minimum Gasteiger partial charge on any atom is -0.350 e. The number of nitrogens with zero attached hydrogens (tertiary/aromatic N) is 1. The zero-order chi connectivity index (χ0) is 21.3. The maximum absolute atomic E-state index is 13.3. The smallest absolute Gasteiger partial charge is 0.283 e. The SMILES string of the molecule is Cc1cc(Cl)ccc1NC1=C(Sc2ccccc2)C(=O)N(c2ccc(Cl)cc2)C1=O. The molecule has 0 aromatic heterocycles. The van der Waals surface area contributed by atoms with Crippen LogP contribution in [-0.2, 0) is 9.59 Å². The molecule has 4 rings (SSSR count). The lowest BCUT2D eigenvalue weighted by Crippen LogP contribution is -2.32. The van der Waals surface area contributed by atoms with E-state index in [4.69, 9.17) is 23.2 Å². The van der Waals surface area contributed by atoms with Crippen molar-refractivity contribution < 1.29 is 9.59 Å². The van der Waals surface area contributed by atoms with E-state index in [2.05, 4.69) is 5.32 Å². The summed E-state index contributed by atoms with van der Waals surface area (Å²) in [5.41, 5.74) is 2.27. The molecule has 3 aromatic carbocycles. The lowest BCUT2D eigenvalue weighted by atomic mass is 10.2. The van der Waals surface area contributed by atoms with E-state index in [0.717, 1.165) is 15.4 Å². The van der Waals surface area contributed by atoms with Gasteiger partial charge in [0.25, 0.3) is 11.8 Å². The Labute approximate surface area is 188 Å². The van der Waals surface area contributed by atoms with Crippen molar-refractivity contribution in [3.8, 4) is 0 Å². The lowest BCUT2D eigenvalue weighted by Gasteiger charge is -2.15. The third-order valence-electron chi connectivity index (χ3n) is 4.54. The topological polar surface area (TPSA) is 49.4 Å². The summed E-state index contributed by atoms with van der Waals surface area (Å²) in [5.74, 6) is -0.805. The van der Waals surface area contributed by atoms with Crippen LogP contribution in [0, 0.1) is 6.92 Å². The van der Waals surface area contributed by atoms with Crippen molar-refractivity contribution in [2.24, 2.45) is 0 Å². The van der Waals surface area contributed by atoms with Crippen LogP contribution in [0.3, 0.4) is 0 Å². The normalized spacial score (nSPS) is 13.9. The second-order valence-corrected chi connectivity index (χ2v) is 8.58. The number of halogens is 2. The van der Waals surface area contributed by atoms with Crippen molar-refractivity contribution in [2.75, 3.05) is 10.2 Å². The zero-order valence-corrected chi connectivity index (χ0v) is 18.2. The van der Waals surface area contributed by atoms with Gasteiger partial charge in [0, 0.05) is 20.6 Å². The number of benzene rings is 3. The highest BCUT2D eigenvalue weighted by molar-refractivity contribution is 8.04. The molecule has 150 valence electrons. The summed E-state index contributed by atoms with van der Waals surface area (Å²) >= 11 is 13.3. The van der Waals surface area contributed by atoms with Gasteiger partial charge < -0.3 is 5.32 Å². The average molecular weight is 455 g/mol. The summed E-state index contributed by atoms with van der Waals surface area (Å²) in [6, 6.07) is 21.4. The van der Waals surface area contributed by atoms with Crippen molar-refractivity contribution in [2.45, 2.75) is 11.8 Å². The fraction of sp³-hybridized carbons (Fsp3) is 0.0435. The Balaban J connectivity index is 1.76. The van der Waals surface area contributed by atoms with E-state index in [0.29, 0.717) is 26.3 Å². The average Bonchev–Trinajstić information content (AvgIpc) is 2.95. The number of anilines is 2. The van der Waals surface area contributed by atoms with Gasteiger partial charge >= 0.3 is 0 Å². The zero-order valence-electron chi connectivity index (χ0n) is 15.9. The maximum Gasteiger partial charge on any atom is 0.283 e. The number of imide groups is 1. The fourth-order valence-corrected chi connectivity index (χ4v) is 4.35. The Kier molecular flexibility index (Phi) is 5.86. The molecule has 0 fully saturated rings. The molecule has 3 aromatic rings. The molecular formula is C23H16Cl2N2O2S. The first-order chi connectivity index (χ1) is 14.4. The van der Waals surface area contributed by atoms with Crippen LogP contribution >= 0.6 is 35.0 Å². The van der Waals surface area contributed by atoms with Crippen LogP contribution in [0.4, 0.5) is 11.4 Å². The second-order valence-electron chi connectivity index (χ2n) is 6.63. The van der Waals surface area contributed by atoms with Crippen LogP contribution < -0.4 is 10.2 Å². The van der Waals surface area contributed by atoms with Crippen LogP contribution in [-0.4, -0.2) is 11.8 Å². The summed E-state index contributed by atoms with van der Waals surface area (Å²) in [6.45, 7) is 1.89. The molecule has 1 N–H and O–H groups in total. The monoisotopic (exact) mass is 454 g/mol. The van der Waals surface area contributed by atoms with Gasteiger partial charge in [-0.05, 0) is 67.1 Å². The number of aryl methyl sites for hydroxylation is 1. The van der Waals surface area contributed by atoms with E-state index in [-0.39, 0.29) is 11.6 Å². The molecule has 0 saturated carbocycles. The van der Waals surface area contributed by atoms with E-state index in [1.165, 1.54) is 11.8 Å². The molecule has 1 heterocycles. The second kappa shape index (κ2) is 8.56.